The molecule has 6 aromatic rings. The normalized spacial score (nSPS) is 14.6. The van der Waals surface area contributed by atoms with Crippen molar-refractivity contribution in [1.82, 2.24) is 0 Å². The van der Waals surface area contributed by atoms with E-state index in [9.17, 15) is 19.2 Å². The summed E-state index contributed by atoms with van der Waals surface area (Å²) in [6.07, 6.45) is 3.21. The molecule has 0 fully saturated rings. The first kappa shape index (κ1) is 45.1. The van der Waals surface area contributed by atoms with Gasteiger partial charge in [0, 0.05) is 22.3 Å². The number of rotatable bonds is 8. The number of carbonyl (C=O) groups is 4. The van der Waals surface area contributed by atoms with Gasteiger partial charge in [0.1, 0.15) is 51.6 Å². The molecule has 0 spiro atoms. The van der Waals surface area contributed by atoms with Gasteiger partial charge in [-0.2, -0.15) is 0 Å². The Labute approximate surface area is 371 Å². The van der Waals surface area contributed by atoms with Crippen molar-refractivity contribution in [1.29, 1.82) is 0 Å². The maximum Gasteiger partial charge on any atom is 0.161 e. The smallest absolute Gasteiger partial charge is 0.161 e. The second-order valence-corrected chi connectivity index (χ2v) is 14.5. The molecule has 12 nitrogen and oxygen atoms in total. The van der Waals surface area contributed by atoms with Crippen LogP contribution in [0.15, 0.2) is 121 Å². The van der Waals surface area contributed by atoms with Crippen molar-refractivity contribution in [3.63, 3.8) is 0 Å². The van der Waals surface area contributed by atoms with Gasteiger partial charge >= 0.3 is 0 Å². The van der Waals surface area contributed by atoms with Crippen LogP contribution in [-0.2, 0) is 18.9 Å². The van der Waals surface area contributed by atoms with E-state index in [1.165, 1.54) is 0 Å². The van der Waals surface area contributed by atoms with Crippen LogP contribution >= 0.6 is 0 Å². The molecule has 1 heterocycles. The number of hydrogen-bond donors (Lipinski definition) is 0. The standard InChI is InChI=1S/C52H48O12/c53-33-37-1-9-41(10-2-37)45-29-49-50(30-46(45)42-11-3-38(34-54)4-12-42)62-26-22-58-19-20-60-24-28-64-52-32-48(44-15-7-40(36-56)8-16-44)47(43-13-5-39(35-55)6-14-43)31-51(52)63-27-23-59-18-17-57-21-25-61-49/h1-16,29-36H,17-28H2. The van der Waals surface area contributed by atoms with Crippen molar-refractivity contribution in [3.8, 4) is 67.5 Å². The molecule has 1 aliphatic heterocycles. The van der Waals surface area contributed by atoms with E-state index in [4.69, 9.17) is 37.9 Å². The Balaban J connectivity index is 1.06. The van der Waals surface area contributed by atoms with Crippen molar-refractivity contribution >= 4 is 25.1 Å². The van der Waals surface area contributed by atoms with Crippen LogP contribution < -0.4 is 18.9 Å². The average Bonchev–Trinajstić information content (AvgIpc) is 3.35. The van der Waals surface area contributed by atoms with Gasteiger partial charge in [-0.25, -0.2) is 0 Å². The van der Waals surface area contributed by atoms with Crippen molar-refractivity contribution < 1.29 is 57.1 Å². The molecule has 0 atom stereocenters. The van der Waals surface area contributed by atoms with Crippen LogP contribution in [0.4, 0.5) is 0 Å². The zero-order chi connectivity index (χ0) is 44.4. The van der Waals surface area contributed by atoms with Crippen molar-refractivity contribution in [2.45, 2.75) is 0 Å². The third-order valence-corrected chi connectivity index (χ3v) is 10.3. The van der Waals surface area contributed by atoms with Gasteiger partial charge in [0.05, 0.1) is 52.9 Å². The Kier molecular flexibility index (Phi) is 16.5. The average molecular weight is 865 g/mol. The molecule has 7 rings (SSSR count). The molecule has 0 saturated carbocycles. The molecular weight excluding hydrogens is 817 g/mol. The van der Waals surface area contributed by atoms with Crippen LogP contribution in [0.5, 0.6) is 23.0 Å². The maximum atomic E-state index is 11.4. The van der Waals surface area contributed by atoms with Gasteiger partial charge in [-0.3, -0.25) is 19.2 Å². The summed E-state index contributed by atoms with van der Waals surface area (Å²) in [5.41, 5.74) is 9.07. The van der Waals surface area contributed by atoms with Gasteiger partial charge in [-0.1, -0.05) is 97.1 Å². The highest BCUT2D eigenvalue weighted by Gasteiger charge is 2.18. The molecular formula is C52H48O12. The lowest BCUT2D eigenvalue weighted by molar-refractivity contribution is 0.0223. The monoisotopic (exact) mass is 864 g/mol. The van der Waals surface area contributed by atoms with Crippen LogP contribution in [0, 0.1) is 0 Å². The zero-order valence-corrected chi connectivity index (χ0v) is 35.2. The molecule has 0 saturated heterocycles. The van der Waals surface area contributed by atoms with Gasteiger partial charge < -0.3 is 37.9 Å². The molecule has 0 unspecified atom stereocenters. The third-order valence-electron chi connectivity index (χ3n) is 10.3. The Hall–Kier alpha value is -6.96. The van der Waals surface area contributed by atoms with Gasteiger partial charge in [-0.05, 0) is 68.8 Å². The molecule has 12 heteroatoms. The number of benzene rings is 6. The first-order valence-electron chi connectivity index (χ1n) is 21.0. The number of carbonyl (C=O) groups excluding carboxylic acids is 4. The molecule has 1 aliphatic rings. The highest BCUT2D eigenvalue weighted by molar-refractivity contribution is 5.90. The summed E-state index contributed by atoms with van der Waals surface area (Å²) in [7, 11) is 0. The molecule has 0 radical (unpaired) electrons. The van der Waals surface area contributed by atoms with E-state index < -0.39 is 0 Å². The van der Waals surface area contributed by atoms with E-state index in [2.05, 4.69) is 0 Å². The number of fused-ring (bicyclic) bond motifs is 2. The van der Waals surface area contributed by atoms with Crippen LogP contribution in [-0.4, -0.2) is 104 Å². The van der Waals surface area contributed by atoms with E-state index in [-0.39, 0.29) is 52.9 Å². The first-order chi connectivity index (χ1) is 31.6. The topological polar surface area (TPSA) is 142 Å². The summed E-state index contributed by atoms with van der Waals surface area (Å²) in [5.74, 6) is 2.01. The second kappa shape index (κ2) is 23.5. The Morgan fingerprint density at radius 3 is 0.641 bits per heavy atom. The lowest BCUT2D eigenvalue weighted by Gasteiger charge is -2.19. The first-order valence-corrected chi connectivity index (χ1v) is 21.0. The summed E-state index contributed by atoms with van der Waals surface area (Å²) in [4.78, 5) is 45.7. The minimum atomic E-state index is 0.227. The SMILES string of the molecule is O=Cc1ccc(-c2cc3c(cc2-c2ccc(C=O)cc2)OCCOCCOCCOc2cc(-c4ccc(C=O)cc4)c(-c4ccc(C=O)cc4)cc2OCCOCCOCCO3)cc1. The minimum Gasteiger partial charge on any atom is -0.487 e. The van der Waals surface area contributed by atoms with Crippen LogP contribution in [0.1, 0.15) is 41.4 Å². The van der Waals surface area contributed by atoms with E-state index in [0.717, 1.165) is 69.7 Å². The van der Waals surface area contributed by atoms with Crippen LogP contribution in [0.3, 0.4) is 0 Å². The summed E-state index contributed by atoms with van der Waals surface area (Å²) in [6.45, 7) is 3.31. The van der Waals surface area contributed by atoms with Crippen LogP contribution in [0.2, 0.25) is 0 Å². The highest BCUT2D eigenvalue weighted by atomic mass is 16.6. The largest absolute Gasteiger partial charge is 0.487 e. The lowest BCUT2D eigenvalue weighted by atomic mass is 9.93. The molecule has 0 amide bonds. The van der Waals surface area contributed by atoms with E-state index in [1.54, 1.807) is 48.5 Å². The molecule has 0 bridgehead atoms. The number of hydrogen-bond acceptors (Lipinski definition) is 12. The lowest BCUT2D eigenvalue weighted by Crippen LogP contribution is -2.15. The van der Waals surface area contributed by atoms with Gasteiger partial charge in [-0.15, -0.1) is 0 Å². The molecule has 328 valence electrons. The highest BCUT2D eigenvalue weighted by Crippen LogP contribution is 2.43. The molecule has 6 aromatic carbocycles. The molecule has 64 heavy (non-hydrogen) atoms. The van der Waals surface area contributed by atoms with Crippen molar-refractivity contribution in [3.05, 3.63) is 144 Å². The van der Waals surface area contributed by atoms with Crippen LogP contribution in [0.25, 0.3) is 44.5 Å². The zero-order valence-electron chi connectivity index (χ0n) is 35.2. The summed E-state index contributed by atoms with van der Waals surface area (Å²) >= 11 is 0. The maximum absolute atomic E-state index is 11.4. The van der Waals surface area contributed by atoms with Gasteiger partial charge in [0.15, 0.2) is 23.0 Å². The van der Waals surface area contributed by atoms with Gasteiger partial charge in [0.2, 0.25) is 0 Å². The summed E-state index contributed by atoms with van der Waals surface area (Å²) < 4.78 is 48.6. The molecule has 0 N–H and O–H groups in total. The third kappa shape index (κ3) is 12.1. The van der Waals surface area contributed by atoms with E-state index in [0.29, 0.717) is 71.7 Å². The number of aldehydes is 4. The Bertz CT molecular complexity index is 2120. The second-order valence-electron chi connectivity index (χ2n) is 14.5. The van der Waals surface area contributed by atoms with Crippen molar-refractivity contribution in [2.75, 3.05) is 79.3 Å². The predicted octanol–water partition coefficient (Wildman–Crippen LogP) is 8.90. The fourth-order valence-electron chi connectivity index (χ4n) is 6.98. The number of ether oxygens (including phenoxy) is 8. The Morgan fingerprint density at radius 1 is 0.266 bits per heavy atom. The minimum absolute atomic E-state index is 0.227. The van der Waals surface area contributed by atoms with E-state index >= 15 is 0 Å². The summed E-state index contributed by atoms with van der Waals surface area (Å²) in [5, 5.41) is 0. The summed E-state index contributed by atoms with van der Waals surface area (Å²) in [6, 6.07) is 36.8. The molecule has 0 aromatic heterocycles. The van der Waals surface area contributed by atoms with E-state index in [1.807, 2.05) is 72.8 Å². The fourth-order valence-corrected chi connectivity index (χ4v) is 6.98. The Morgan fingerprint density at radius 2 is 0.453 bits per heavy atom. The predicted molar refractivity (Wildman–Crippen MR) is 241 cm³/mol. The van der Waals surface area contributed by atoms with Crippen molar-refractivity contribution in [2.24, 2.45) is 0 Å². The van der Waals surface area contributed by atoms with Gasteiger partial charge in [0.25, 0.3) is 0 Å². The molecule has 0 aliphatic carbocycles. The quantitative estimate of drug-likeness (QED) is 0.135. The fraction of sp³-hybridized carbons (Fsp3) is 0.231.